The van der Waals surface area contributed by atoms with Crippen LogP contribution in [0.25, 0.3) is 0 Å². The average Bonchev–Trinajstić information content (AvgIpc) is 3.37. The number of piperidine rings is 1. The van der Waals surface area contributed by atoms with Gasteiger partial charge in [-0.25, -0.2) is 0 Å². The van der Waals surface area contributed by atoms with Crippen LogP contribution in [0.4, 0.5) is 5.69 Å². The van der Waals surface area contributed by atoms with E-state index in [0.29, 0.717) is 18.2 Å². The number of rotatable bonds is 4. The molecule has 0 bridgehead atoms. The molecule has 1 aromatic heterocycles. The molecule has 4 rings (SSSR count). The number of amides is 2. The fourth-order valence-electron chi connectivity index (χ4n) is 4.81. The Labute approximate surface area is 166 Å². The van der Waals surface area contributed by atoms with Gasteiger partial charge in [-0.1, -0.05) is 6.92 Å². The van der Waals surface area contributed by atoms with Gasteiger partial charge < -0.3 is 15.0 Å². The molecule has 3 atom stereocenters. The van der Waals surface area contributed by atoms with Gasteiger partial charge in [0.15, 0.2) is 0 Å². The van der Waals surface area contributed by atoms with E-state index in [1.165, 1.54) is 0 Å². The number of carbonyl (C=O) groups excluding carboxylic acids is 2. The van der Waals surface area contributed by atoms with Gasteiger partial charge in [-0.15, -0.1) is 0 Å². The number of hydrogen-bond acceptors (Lipinski definition) is 5. The van der Waals surface area contributed by atoms with Crippen LogP contribution in [-0.4, -0.2) is 71.0 Å². The van der Waals surface area contributed by atoms with Crippen LogP contribution in [0.2, 0.25) is 0 Å². The maximum atomic E-state index is 12.6. The lowest BCUT2D eigenvalue weighted by Gasteiger charge is -2.44. The zero-order chi connectivity index (χ0) is 19.6. The van der Waals surface area contributed by atoms with Crippen molar-refractivity contribution in [2.24, 2.45) is 5.92 Å². The molecular weight excluding hydrogens is 356 g/mol. The number of carbonyl (C=O) groups is 2. The molecule has 3 saturated heterocycles. The maximum absolute atomic E-state index is 12.6. The molecule has 3 unspecified atom stereocenters. The monoisotopic (exact) mass is 386 g/mol. The van der Waals surface area contributed by atoms with Crippen LogP contribution >= 0.6 is 0 Å². The summed E-state index contributed by atoms with van der Waals surface area (Å²) in [5, 5.41) is 2.90. The molecule has 0 saturated carbocycles. The fraction of sp³-hybridized carbons (Fsp3) is 0.667. The van der Waals surface area contributed by atoms with E-state index in [1.54, 1.807) is 18.5 Å². The van der Waals surface area contributed by atoms with E-state index in [2.05, 4.69) is 22.1 Å². The zero-order valence-electron chi connectivity index (χ0n) is 16.6. The second kappa shape index (κ2) is 8.17. The van der Waals surface area contributed by atoms with E-state index >= 15 is 0 Å². The number of aromatic nitrogens is 1. The van der Waals surface area contributed by atoms with E-state index in [1.807, 2.05) is 11.0 Å². The molecule has 28 heavy (non-hydrogen) atoms. The van der Waals surface area contributed by atoms with Crippen molar-refractivity contribution in [3.63, 3.8) is 0 Å². The predicted octanol–water partition coefficient (Wildman–Crippen LogP) is 1.90. The summed E-state index contributed by atoms with van der Waals surface area (Å²) in [7, 11) is 0. The molecule has 3 fully saturated rings. The normalized spacial score (nSPS) is 30.7. The molecule has 2 amide bonds. The molecule has 4 heterocycles. The van der Waals surface area contributed by atoms with Gasteiger partial charge in [0.05, 0.1) is 24.0 Å². The molecule has 3 aliphatic heterocycles. The van der Waals surface area contributed by atoms with Crippen molar-refractivity contribution in [3.8, 4) is 0 Å². The number of hydrogen-bond donors (Lipinski definition) is 1. The van der Waals surface area contributed by atoms with Gasteiger partial charge in [-0.3, -0.25) is 19.5 Å². The van der Waals surface area contributed by atoms with E-state index in [-0.39, 0.29) is 17.4 Å². The number of ether oxygens (including phenoxy) is 1. The Bertz CT molecular complexity index is 707. The summed E-state index contributed by atoms with van der Waals surface area (Å²) in [5.74, 6) is 0.453. The third-order valence-electron chi connectivity index (χ3n) is 6.53. The van der Waals surface area contributed by atoms with E-state index in [0.717, 1.165) is 58.3 Å². The number of anilines is 1. The van der Waals surface area contributed by atoms with Gasteiger partial charge in [-0.2, -0.15) is 0 Å². The Kier molecular flexibility index (Phi) is 5.64. The van der Waals surface area contributed by atoms with Crippen LogP contribution in [0.5, 0.6) is 0 Å². The molecule has 3 aliphatic rings. The first kappa shape index (κ1) is 19.3. The Morgan fingerprint density at radius 2 is 2.11 bits per heavy atom. The lowest BCUT2D eigenvalue weighted by molar-refractivity contribution is -0.145. The minimum atomic E-state index is -0.416. The van der Waals surface area contributed by atoms with E-state index in [4.69, 9.17) is 4.74 Å². The summed E-state index contributed by atoms with van der Waals surface area (Å²) < 4.78 is 6.33. The minimum Gasteiger partial charge on any atom is -0.362 e. The highest BCUT2D eigenvalue weighted by Gasteiger charge is 2.49. The van der Waals surface area contributed by atoms with Crippen molar-refractivity contribution < 1.29 is 14.3 Å². The van der Waals surface area contributed by atoms with Gasteiger partial charge in [0.1, 0.15) is 6.10 Å². The SMILES string of the molecule is CC1CN(CC(=O)N2CCCC2)CCC12CCC(C(=O)Nc1cccnc1)O2. The van der Waals surface area contributed by atoms with Crippen molar-refractivity contribution in [3.05, 3.63) is 24.5 Å². The maximum Gasteiger partial charge on any atom is 0.253 e. The van der Waals surface area contributed by atoms with Gasteiger partial charge in [0.25, 0.3) is 5.91 Å². The summed E-state index contributed by atoms with van der Waals surface area (Å²) in [4.78, 5) is 33.3. The van der Waals surface area contributed by atoms with Crippen molar-refractivity contribution in [1.82, 2.24) is 14.8 Å². The van der Waals surface area contributed by atoms with Crippen molar-refractivity contribution in [1.29, 1.82) is 0 Å². The van der Waals surface area contributed by atoms with Gasteiger partial charge in [0, 0.05) is 32.4 Å². The topological polar surface area (TPSA) is 74.8 Å². The number of nitrogens with zero attached hydrogens (tertiary/aromatic N) is 3. The second-order valence-electron chi connectivity index (χ2n) is 8.41. The Morgan fingerprint density at radius 1 is 1.29 bits per heavy atom. The molecule has 1 spiro atoms. The van der Waals surface area contributed by atoms with Crippen LogP contribution in [0.1, 0.15) is 39.0 Å². The Hall–Kier alpha value is -1.99. The summed E-state index contributed by atoms with van der Waals surface area (Å²) >= 11 is 0. The first-order valence-corrected chi connectivity index (χ1v) is 10.4. The minimum absolute atomic E-state index is 0.0938. The standard InChI is InChI=1S/C21H30N4O3/c1-16-14-24(15-19(26)25-10-2-3-11-25)12-8-21(16)7-6-18(28-21)20(27)23-17-5-4-9-22-13-17/h4-5,9,13,16,18H,2-3,6-8,10-12,14-15H2,1H3,(H,23,27). The Balaban J connectivity index is 1.30. The van der Waals surface area contributed by atoms with Gasteiger partial charge in [-0.05, 0) is 50.2 Å². The highest BCUT2D eigenvalue weighted by Crippen LogP contribution is 2.42. The molecule has 1 aromatic rings. The summed E-state index contributed by atoms with van der Waals surface area (Å²) in [6.07, 6.45) is 7.67. The lowest BCUT2D eigenvalue weighted by Crippen LogP contribution is -2.53. The molecule has 0 radical (unpaired) electrons. The molecule has 0 aliphatic carbocycles. The highest BCUT2D eigenvalue weighted by molar-refractivity contribution is 5.94. The van der Waals surface area contributed by atoms with Crippen LogP contribution in [0.15, 0.2) is 24.5 Å². The predicted molar refractivity (Wildman–Crippen MR) is 106 cm³/mol. The molecule has 7 nitrogen and oxygen atoms in total. The second-order valence-corrected chi connectivity index (χ2v) is 8.41. The van der Waals surface area contributed by atoms with Gasteiger partial charge >= 0.3 is 0 Å². The van der Waals surface area contributed by atoms with Crippen molar-refractivity contribution in [2.75, 3.05) is 38.0 Å². The van der Waals surface area contributed by atoms with Crippen LogP contribution in [-0.2, 0) is 14.3 Å². The number of pyridine rings is 1. The smallest absolute Gasteiger partial charge is 0.253 e. The van der Waals surface area contributed by atoms with Crippen LogP contribution in [0, 0.1) is 5.92 Å². The van der Waals surface area contributed by atoms with E-state index in [9.17, 15) is 9.59 Å². The molecule has 0 aromatic carbocycles. The average molecular weight is 386 g/mol. The first-order chi connectivity index (χ1) is 13.6. The summed E-state index contributed by atoms with van der Waals surface area (Å²) in [5.41, 5.74) is 0.449. The molecular formula is C21H30N4O3. The first-order valence-electron chi connectivity index (χ1n) is 10.4. The third kappa shape index (κ3) is 4.05. The highest BCUT2D eigenvalue weighted by atomic mass is 16.5. The molecule has 7 heteroatoms. The molecule has 152 valence electrons. The summed E-state index contributed by atoms with van der Waals surface area (Å²) in [6.45, 7) is 6.20. The molecule has 1 N–H and O–H groups in total. The van der Waals surface area contributed by atoms with Crippen LogP contribution in [0.3, 0.4) is 0 Å². The van der Waals surface area contributed by atoms with E-state index < -0.39 is 6.10 Å². The van der Waals surface area contributed by atoms with Crippen molar-refractivity contribution in [2.45, 2.75) is 50.7 Å². The third-order valence-corrected chi connectivity index (χ3v) is 6.53. The van der Waals surface area contributed by atoms with Crippen molar-refractivity contribution >= 4 is 17.5 Å². The lowest BCUT2D eigenvalue weighted by atomic mass is 9.80. The number of likely N-dealkylation sites (tertiary alicyclic amines) is 2. The summed E-state index contributed by atoms with van der Waals surface area (Å²) in [6, 6.07) is 3.63. The largest absolute Gasteiger partial charge is 0.362 e. The fourth-order valence-corrected chi connectivity index (χ4v) is 4.81. The van der Waals surface area contributed by atoms with Gasteiger partial charge in [0.2, 0.25) is 5.91 Å². The van der Waals surface area contributed by atoms with Crippen LogP contribution < -0.4 is 5.32 Å². The Morgan fingerprint density at radius 3 is 2.82 bits per heavy atom. The quantitative estimate of drug-likeness (QED) is 0.856. The zero-order valence-corrected chi connectivity index (χ0v) is 16.6. The number of nitrogens with one attached hydrogen (secondary N) is 1.